The minimum absolute atomic E-state index is 0.125. The van der Waals surface area contributed by atoms with Crippen LogP contribution in [0.1, 0.15) is 6.42 Å². The van der Waals surface area contributed by atoms with Gasteiger partial charge in [0.25, 0.3) is 0 Å². The number of hydrogen-bond donors (Lipinski definition) is 5. The Hall–Kier alpha value is -1.71. The van der Waals surface area contributed by atoms with Gasteiger partial charge in [0.05, 0.1) is 19.6 Å². The van der Waals surface area contributed by atoms with E-state index in [4.69, 9.17) is 25.5 Å². The Labute approximate surface area is 102 Å². The molecular weight excluding hydrogens is 252 g/mol. The molecule has 2 atom stereocenters. The summed E-state index contributed by atoms with van der Waals surface area (Å²) in [5.74, 6) is -5.99. The highest BCUT2D eigenvalue weighted by atomic mass is 16.5. The lowest BCUT2D eigenvalue weighted by Gasteiger charge is -2.16. The molecule has 9 heteroatoms. The highest BCUT2D eigenvalue weighted by Gasteiger charge is 2.35. The molecule has 9 nitrogen and oxygen atoms in total. The summed E-state index contributed by atoms with van der Waals surface area (Å²) < 4.78 is 4.39. The van der Waals surface area contributed by atoms with Crippen molar-refractivity contribution >= 4 is 17.9 Å². The van der Waals surface area contributed by atoms with Gasteiger partial charge in [-0.15, -0.1) is 0 Å². The number of rotatable bonds is 7. The van der Waals surface area contributed by atoms with Gasteiger partial charge in [-0.1, -0.05) is 0 Å². The normalized spacial score (nSPS) is 12.8. The summed E-state index contributed by atoms with van der Waals surface area (Å²) in [4.78, 5) is 31.3. The zero-order chi connectivity index (χ0) is 14.7. The van der Waals surface area contributed by atoms with Gasteiger partial charge in [-0.05, 0) is 0 Å². The van der Waals surface area contributed by atoms with Crippen LogP contribution in [0.25, 0.3) is 0 Å². The van der Waals surface area contributed by atoms with Crippen molar-refractivity contribution in [3.05, 3.63) is 0 Å². The lowest BCUT2D eigenvalue weighted by molar-refractivity contribution is -0.164. The van der Waals surface area contributed by atoms with E-state index in [9.17, 15) is 14.4 Å². The molecule has 0 bridgehead atoms. The largest absolute Gasteiger partial charge is 0.481 e. The molecule has 5 N–H and O–H groups in total. The van der Waals surface area contributed by atoms with E-state index in [1.807, 2.05) is 0 Å². The van der Waals surface area contributed by atoms with Gasteiger partial charge in [0, 0.05) is 7.11 Å². The fourth-order valence-electron chi connectivity index (χ4n) is 0.949. The number of carbonyl (C=O) groups is 3. The van der Waals surface area contributed by atoms with E-state index in [0.29, 0.717) is 0 Å². The van der Waals surface area contributed by atoms with Crippen molar-refractivity contribution in [2.24, 2.45) is 5.92 Å². The molecule has 0 aromatic carbocycles. The molecule has 18 heavy (non-hydrogen) atoms. The topological polar surface area (TPSA) is 162 Å². The molecule has 0 aliphatic carbocycles. The zero-order valence-corrected chi connectivity index (χ0v) is 9.65. The van der Waals surface area contributed by atoms with Crippen molar-refractivity contribution in [3.63, 3.8) is 0 Å². The van der Waals surface area contributed by atoms with Gasteiger partial charge in [0.15, 0.2) is 6.10 Å². The Balaban J connectivity index is 0. The van der Waals surface area contributed by atoms with Gasteiger partial charge < -0.3 is 30.3 Å². The molecule has 0 saturated heterocycles. The lowest BCUT2D eigenvalue weighted by Crippen LogP contribution is -2.37. The maximum atomic E-state index is 10.5. The van der Waals surface area contributed by atoms with Gasteiger partial charge in [-0.25, -0.2) is 4.79 Å². The number of ether oxygens (including phenoxy) is 1. The van der Waals surface area contributed by atoms with Crippen molar-refractivity contribution in [1.82, 2.24) is 0 Å². The number of hydrogen-bond acceptors (Lipinski definition) is 6. The van der Waals surface area contributed by atoms with Crippen LogP contribution in [0.5, 0.6) is 0 Å². The molecule has 2 unspecified atom stereocenters. The summed E-state index contributed by atoms with van der Waals surface area (Å²) in [6.07, 6.45) is -2.44. The van der Waals surface area contributed by atoms with Crippen LogP contribution in [0.2, 0.25) is 0 Å². The van der Waals surface area contributed by atoms with Gasteiger partial charge in [-0.2, -0.15) is 0 Å². The maximum Gasteiger partial charge on any atom is 0.333 e. The van der Waals surface area contributed by atoms with Crippen LogP contribution in [0.4, 0.5) is 0 Å². The van der Waals surface area contributed by atoms with Crippen molar-refractivity contribution in [1.29, 1.82) is 0 Å². The van der Waals surface area contributed by atoms with Crippen LogP contribution in [0.15, 0.2) is 0 Å². The molecule has 0 rings (SSSR count). The summed E-state index contributed by atoms with van der Waals surface area (Å²) in [7, 11) is 1.01. The molecule has 0 spiro atoms. The van der Waals surface area contributed by atoms with Crippen molar-refractivity contribution in [2.45, 2.75) is 12.5 Å². The third kappa shape index (κ3) is 8.44. The molecule has 0 heterocycles. The molecule has 0 aliphatic heterocycles. The Kier molecular flexibility index (Phi) is 10.8. The number of carboxylic acids is 3. The van der Waals surface area contributed by atoms with E-state index in [1.54, 1.807) is 0 Å². The SMILES string of the molecule is COC(C(=O)O)C(CC(=O)O)C(=O)O.OCCO. The van der Waals surface area contributed by atoms with Crippen LogP contribution >= 0.6 is 0 Å². The monoisotopic (exact) mass is 268 g/mol. The first-order chi connectivity index (χ1) is 8.31. The van der Waals surface area contributed by atoms with Crippen molar-refractivity contribution in [2.75, 3.05) is 20.3 Å². The summed E-state index contributed by atoms with van der Waals surface area (Å²) in [6, 6.07) is 0. The summed E-state index contributed by atoms with van der Waals surface area (Å²) in [6.45, 7) is -0.250. The highest BCUT2D eigenvalue weighted by molar-refractivity contribution is 5.85. The molecule has 0 aliphatic rings. The van der Waals surface area contributed by atoms with Crippen LogP contribution in [0, 0.1) is 5.92 Å². The lowest BCUT2D eigenvalue weighted by atomic mass is 9.99. The van der Waals surface area contributed by atoms with E-state index in [1.165, 1.54) is 0 Å². The van der Waals surface area contributed by atoms with E-state index in [-0.39, 0.29) is 13.2 Å². The van der Waals surface area contributed by atoms with E-state index in [0.717, 1.165) is 7.11 Å². The van der Waals surface area contributed by atoms with Gasteiger partial charge in [0.2, 0.25) is 0 Å². The zero-order valence-electron chi connectivity index (χ0n) is 9.65. The molecule has 106 valence electrons. The molecule has 0 radical (unpaired) electrons. The first-order valence-electron chi connectivity index (χ1n) is 4.73. The molecule has 0 amide bonds. The van der Waals surface area contributed by atoms with E-state index in [2.05, 4.69) is 4.74 Å². The molecule has 0 fully saturated rings. The number of carboxylic acid groups (broad SMARTS) is 3. The first-order valence-corrected chi connectivity index (χ1v) is 4.73. The second-order valence-electron chi connectivity index (χ2n) is 2.98. The smallest absolute Gasteiger partial charge is 0.333 e. The minimum Gasteiger partial charge on any atom is -0.481 e. The molecule has 0 aromatic rings. The number of aliphatic hydroxyl groups excluding tert-OH is 2. The highest BCUT2D eigenvalue weighted by Crippen LogP contribution is 2.13. The van der Waals surface area contributed by atoms with Crippen molar-refractivity contribution < 1.29 is 44.7 Å². The van der Waals surface area contributed by atoms with Gasteiger partial charge in [-0.3, -0.25) is 9.59 Å². The fraction of sp³-hybridized carbons (Fsp3) is 0.667. The average Bonchev–Trinajstić information content (AvgIpc) is 2.28. The Morgan fingerprint density at radius 3 is 1.61 bits per heavy atom. The summed E-state index contributed by atoms with van der Waals surface area (Å²) in [5.41, 5.74) is 0. The summed E-state index contributed by atoms with van der Waals surface area (Å²) in [5, 5.41) is 40.7. The number of aliphatic carboxylic acids is 3. The van der Waals surface area contributed by atoms with Crippen LogP contribution in [0.3, 0.4) is 0 Å². The second-order valence-corrected chi connectivity index (χ2v) is 2.98. The van der Waals surface area contributed by atoms with Crippen LogP contribution in [-0.2, 0) is 19.1 Å². The Morgan fingerprint density at radius 1 is 1.00 bits per heavy atom. The van der Waals surface area contributed by atoms with Gasteiger partial charge >= 0.3 is 17.9 Å². The standard InChI is InChI=1S/C7H10O7.C2H6O2/c1-14-5(7(12)13)3(6(10)11)2-4(8)9;3-1-2-4/h3,5H,2H2,1H3,(H,8,9)(H,10,11)(H,12,13);3-4H,1-2H2. The van der Waals surface area contributed by atoms with E-state index < -0.39 is 36.4 Å². The average molecular weight is 268 g/mol. The Bertz CT molecular complexity index is 273. The molecule has 0 saturated carbocycles. The fourth-order valence-corrected chi connectivity index (χ4v) is 0.949. The molecular formula is C9H16O9. The van der Waals surface area contributed by atoms with Crippen LogP contribution in [-0.4, -0.2) is 69.9 Å². The van der Waals surface area contributed by atoms with E-state index >= 15 is 0 Å². The minimum atomic E-state index is -1.65. The quantitative estimate of drug-likeness (QED) is 0.359. The van der Waals surface area contributed by atoms with Gasteiger partial charge in [0.1, 0.15) is 5.92 Å². The first kappa shape index (κ1) is 18.6. The van der Waals surface area contributed by atoms with Crippen LogP contribution < -0.4 is 0 Å². The van der Waals surface area contributed by atoms with Crippen molar-refractivity contribution in [3.8, 4) is 0 Å². The third-order valence-corrected chi connectivity index (χ3v) is 1.67. The third-order valence-electron chi connectivity index (χ3n) is 1.67. The summed E-state index contributed by atoms with van der Waals surface area (Å²) >= 11 is 0. The molecule has 0 aromatic heterocycles. The second kappa shape index (κ2) is 10.4. The maximum absolute atomic E-state index is 10.5. The predicted octanol–water partition coefficient (Wildman–Crippen LogP) is -1.77. The number of methoxy groups -OCH3 is 1. The predicted molar refractivity (Wildman–Crippen MR) is 56.0 cm³/mol. The Morgan fingerprint density at radius 2 is 1.44 bits per heavy atom. The number of aliphatic hydroxyl groups is 2.